The number of benzene rings is 1. The van der Waals surface area contributed by atoms with E-state index in [4.69, 9.17) is 5.73 Å². The topological polar surface area (TPSA) is 66.5 Å². The fourth-order valence-electron chi connectivity index (χ4n) is 1.88. The molecule has 3 N–H and O–H groups in total. The molecule has 1 aliphatic heterocycles. The maximum absolute atomic E-state index is 6.00. The normalized spacial score (nSPS) is 18.4. The maximum Gasteiger partial charge on any atom is 0.147 e. The highest BCUT2D eigenvalue weighted by molar-refractivity contribution is 5.97. The van der Waals surface area contributed by atoms with Crippen LogP contribution in [0.5, 0.6) is 0 Å². The van der Waals surface area contributed by atoms with E-state index in [0.717, 1.165) is 16.9 Å². The van der Waals surface area contributed by atoms with Crippen LogP contribution in [0.25, 0.3) is 0 Å². The van der Waals surface area contributed by atoms with Crippen molar-refractivity contribution in [2.75, 3.05) is 0 Å². The number of rotatable bonds is 1. The third kappa shape index (κ3) is 1.73. The number of H-pyrrole nitrogens is 1. The minimum absolute atomic E-state index is 0.225. The summed E-state index contributed by atoms with van der Waals surface area (Å²) < 4.78 is 0. The second kappa shape index (κ2) is 3.90. The van der Waals surface area contributed by atoms with E-state index in [2.05, 4.69) is 15.0 Å². The van der Waals surface area contributed by atoms with Gasteiger partial charge in [0.2, 0.25) is 0 Å². The Morgan fingerprint density at radius 2 is 2.00 bits per heavy atom. The number of nitrogens with one attached hydrogen (secondary N) is 1. The molecule has 84 valence electrons. The number of aliphatic imine (C=N–C) groups is 2. The molecule has 1 atom stereocenters. The van der Waals surface area contributed by atoms with E-state index in [1.807, 2.05) is 48.8 Å². The van der Waals surface area contributed by atoms with Gasteiger partial charge in [0.1, 0.15) is 11.9 Å². The van der Waals surface area contributed by atoms with Crippen molar-refractivity contribution in [1.82, 2.24) is 4.98 Å². The van der Waals surface area contributed by atoms with Gasteiger partial charge in [-0.15, -0.1) is 0 Å². The molecule has 1 aromatic heterocycles. The summed E-state index contributed by atoms with van der Waals surface area (Å²) in [5, 5.41) is 0. The molecule has 3 rings (SSSR count). The Bertz CT molecular complexity index is 581. The maximum atomic E-state index is 6.00. The van der Waals surface area contributed by atoms with Crippen molar-refractivity contribution in [3.8, 4) is 0 Å². The van der Waals surface area contributed by atoms with Crippen molar-refractivity contribution in [3.05, 3.63) is 53.9 Å². The second-order valence-corrected chi connectivity index (χ2v) is 3.90. The molecule has 2 aromatic rings. The third-order valence-corrected chi connectivity index (χ3v) is 2.75. The van der Waals surface area contributed by atoms with Crippen molar-refractivity contribution in [1.29, 1.82) is 0 Å². The lowest BCUT2D eigenvalue weighted by Gasteiger charge is -2.08. The summed E-state index contributed by atoms with van der Waals surface area (Å²) in [6.45, 7) is 0. The number of amidine groups is 1. The van der Waals surface area contributed by atoms with Crippen LogP contribution < -0.4 is 5.73 Å². The number of fused-ring (bicyclic) bond motifs is 1. The van der Waals surface area contributed by atoms with Crippen LogP contribution in [0.1, 0.15) is 17.3 Å². The lowest BCUT2D eigenvalue weighted by atomic mass is 10.2. The monoisotopic (exact) mass is 224 g/mol. The summed E-state index contributed by atoms with van der Waals surface area (Å²) in [5.41, 5.74) is 8.81. The lowest BCUT2D eigenvalue weighted by Crippen LogP contribution is -2.20. The molecule has 0 amide bonds. The van der Waals surface area contributed by atoms with Crippen LogP contribution in [0, 0.1) is 0 Å². The molecule has 2 heterocycles. The van der Waals surface area contributed by atoms with Crippen molar-refractivity contribution >= 4 is 17.7 Å². The number of aromatic amines is 1. The molecule has 0 saturated carbocycles. The molecule has 0 saturated heterocycles. The van der Waals surface area contributed by atoms with E-state index in [1.54, 1.807) is 0 Å². The summed E-state index contributed by atoms with van der Waals surface area (Å²) in [7, 11) is 0. The molecular formula is C13H12N4. The number of aromatic nitrogens is 1. The summed E-state index contributed by atoms with van der Waals surface area (Å²) in [4.78, 5) is 12.0. The van der Waals surface area contributed by atoms with Crippen LogP contribution in [-0.2, 0) is 0 Å². The van der Waals surface area contributed by atoms with Crippen molar-refractivity contribution in [2.24, 2.45) is 15.7 Å². The SMILES string of the molecule is NC1=Nc2ccccc2C=NC1c1ccc[nH]1. The van der Waals surface area contributed by atoms with Gasteiger partial charge in [-0.25, -0.2) is 4.99 Å². The quantitative estimate of drug-likeness (QED) is 0.766. The molecule has 1 aromatic carbocycles. The van der Waals surface area contributed by atoms with E-state index in [1.165, 1.54) is 0 Å². The molecule has 17 heavy (non-hydrogen) atoms. The van der Waals surface area contributed by atoms with Crippen LogP contribution in [0.3, 0.4) is 0 Å². The first kappa shape index (κ1) is 9.84. The van der Waals surface area contributed by atoms with Gasteiger partial charge in [-0.2, -0.15) is 0 Å². The van der Waals surface area contributed by atoms with Gasteiger partial charge in [0.05, 0.1) is 5.69 Å². The average molecular weight is 224 g/mol. The van der Waals surface area contributed by atoms with Crippen molar-refractivity contribution < 1.29 is 0 Å². The van der Waals surface area contributed by atoms with E-state index in [-0.39, 0.29) is 6.04 Å². The second-order valence-electron chi connectivity index (χ2n) is 3.90. The molecule has 0 radical (unpaired) electrons. The first-order chi connectivity index (χ1) is 8.34. The standard InChI is InChI=1S/C13H12N4/c14-13-12(11-6-3-7-15-11)16-8-9-4-1-2-5-10(9)17-13/h1-8,12,15H,(H2,14,17). The Balaban J connectivity index is 2.09. The van der Waals surface area contributed by atoms with E-state index in [9.17, 15) is 0 Å². The van der Waals surface area contributed by atoms with Crippen LogP contribution in [-0.4, -0.2) is 17.0 Å². The molecule has 4 nitrogen and oxygen atoms in total. The van der Waals surface area contributed by atoms with Crippen LogP contribution in [0.2, 0.25) is 0 Å². The van der Waals surface area contributed by atoms with Gasteiger partial charge in [-0.1, -0.05) is 18.2 Å². The zero-order chi connectivity index (χ0) is 11.7. The van der Waals surface area contributed by atoms with Gasteiger partial charge in [0.15, 0.2) is 0 Å². The van der Waals surface area contributed by atoms with Crippen LogP contribution in [0.15, 0.2) is 52.6 Å². The molecule has 0 aliphatic carbocycles. The predicted molar refractivity (Wildman–Crippen MR) is 68.9 cm³/mol. The van der Waals surface area contributed by atoms with Gasteiger partial charge >= 0.3 is 0 Å². The molecule has 0 bridgehead atoms. The molecule has 4 heteroatoms. The van der Waals surface area contributed by atoms with Crippen LogP contribution >= 0.6 is 0 Å². The van der Waals surface area contributed by atoms with Gasteiger partial charge in [0, 0.05) is 23.7 Å². The molecular weight excluding hydrogens is 212 g/mol. The first-order valence-corrected chi connectivity index (χ1v) is 5.44. The molecule has 1 aliphatic rings. The van der Waals surface area contributed by atoms with E-state index < -0.39 is 0 Å². The fraction of sp³-hybridized carbons (Fsp3) is 0.0769. The highest BCUT2D eigenvalue weighted by atomic mass is 15.0. The Morgan fingerprint density at radius 3 is 2.82 bits per heavy atom. The Kier molecular flexibility index (Phi) is 2.26. The number of hydrogen-bond donors (Lipinski definition) is 2. The third-order valence-electron chi connectivity index (χ3n) is 2.75. The number of nitrogens with two attached hydrogens (primary N) is 1. The van der Waals surface area contributed by atoms with Gasteiger partial charge in [0.25, 0.3) is 0 Å². The Hall–Kier alpha value is -2.36. The number of hydrogen-bond acceptors (Lipinski definition) is 3. The average Bonchev–Trinajstić information content (AvgIpc) is 2.80. The minimum atomic E-state index is -0.225. The first-order valence-electron chi connectivity index (χ1n) is 5.44. The van der Waals surface area contributed by atoms with E-state index >= 15 is 0 Å². The number of nitrogens with zero attached hydrogens (tertiary/aromatic N) is 2. The van der Waals surface area contributed by atoms with Gasteiger partial charge in [-0.3, -0.25) is 4.99 Å². The highest BCUT2D eigenvalue weighted by Crippen LogP contribution is 2.25. The summed E-state index contributed by atoms with van der Waals surface area (Å²) >= 11 is 0. The zero-order valence-corrected chi connectivity index (χ0v) is 9.17. The van der Waals surface area contributed by atoms with E-state index in [0.29, 0.717) is 5.84 Å². The zero-order valence-electron chi connectivity index (χ0n) is 9.17. The smallest absolute Gasteiger partial charge is 0.147 e. The largest absolute Gasteiger partial charge is 0.385 e. The molecule has 1 unspecified atom stereocenters. The minimum Gasteiger partial charge on any atom is -0.385 e. The van der Waals surface area contributed by atoms with Gasteiger partial charge < -0.3 is 10.7 Å². The Morgan fingerprint density at radius 1 is 1.12 bits per heavy atom. The Labute approximate surface area is 98.9 Å². The molecule has 0 spiro atoms. The summed E-state index contributed by atoms with van der Waals surface area (Å²) in [5.74, 6) is 0.508. The van der Waals surface area contributed by atoms with Gasteiger partial charge in [-0.05, 0) is 18.2 Å². The fourth-order valence-corrected chi connectivity index (χ4v) is 1.88. The van der Waals surface area contributed by atoms with Crippen molar-refractivity contribution in [2.45, 2.75) is 6.04 Å². The van der Waals surface area contributed by atoms with Crippen LogP contribution in [0.4, 0.5) is 5.69 Å². The summed E-state index contributed by atoms with van der Waals surface area (Å²) in [6, 6.07) is 11.5. The highest BCUT2D eigenvalue weighted by Gasteiger charge is 2.17. The predicted octanol–water partition coefficient (Wildman–Crippen LogP) is 2.18. The molecule has 0 fully saturated rings. The lowest BCUT2D eigenvalue weighted by molar-refractivity contribution is 0.916. The van der Waals surface area contributed by atoms with Crippen molar-refractivity contribution in [3.63, 3.8) is 0 Å². The summed E-state index contributed by atoms with van der Waals surface area (Å²) in [6.07, 6.45) is 3.68. The number of para-hydroxylation sites is 1.